The summed E-state index contributed by atoms with van der Waals surface area (Å²) in [4.78, 5) is 27.3. The van der Waals surface area contributed by atoms with E-state index in [1.165, 1.54) is 6.07 Å². The minimum absolute atomic E-state index is 0.0723. The lowest BCUT2D eigenvalue weighted by atomic mass is 10.1. The molecule has 0 bridgehead atoms. The third kappa shape index (κ3) is 3.27. The average Bonchev–Trinajstić information content (AvgIpc) is 2.35. The van der Waals surface area contributed by atoms with Crippen LogP contribution in [0.5, 0.6) is 0 Å². The summed E-state index contributed by atoms with van der Waals surface area (Å²) >= 11 is 0. The highest BCUT2D eigenvalue weighted by Crippen LogP contribution is 2.31. The molecule has 114 valence electrons. The van der Waals surface area contributed by atoms with Crippen molar-refractivity contribution in [3.8, 4) is 0 Å². The minimum Gasteiger partial charge on any atom is -0.477 e. The van der Waals surface area contributed by atoms with Crippen LogP contribution in [0, 0.1) is 10.1 Å². The second kappa shape index (κ2) is 5.28. The number of pyridine rings is 1. The van der Waals surface area contributed by atoms with Gasteiger partial charge in [0.1, 0.15) is 0 Å². The maximum atomic E-state index is 11.1. The van der Waals surface area contributed by atoms with Gasteiger partial charge in [-0.15, -0.1) is 0 Å². The summed E-state index contributed by atoms with van der Waals surface area (Å²) in [5.41, 5.74) is -0.913. The van der Waals surface area contributed by atoms with Gasteiger partial charge in [0, 0.05) is 19.2 Å². The Labute approximate surface area is 121 Å². The molecule has 1 saturated heterocycles. The molecule has 1 aromatic heterocycles. The van der Waals surface area contributed by atoms with E-state index in [4.69, 9.17) is 9.84 Å². The highest BCUT2D eigenvalue weighted by Gasteiger charge is 2.35. The normalized spacial score (nSPS) is 21.1. The number of ether oxygens (including phenoxy) is 1. The number of aromatic nitrogens is 1. The average molecular weight is 295 g/mol. The Balaban J connectivity index is 2.47. The molecular formula is C13H17N3O5. The van der Waals surface area contributed by atoms with Crippen molar-refractivity contribution in [3.05, 3.63) is 27.9 Å². The van der Waals surface area contributed by atoms with Gasteiger partial charge in [-0.2, -0.15) is 0 Å². The van der Waals surface area contributed by atoms with Gasteiger partial charge in [-0.3, -0.25) is 10.1 Å². The topological polar surface area (TPSA) is 106 Å². The van der Waals surface area contributed by atoms with E-state index in [0.717, 1.165) is 6.07 Å². The van der Waals surface area contributed by atoms with E-state index in [9.17, 15) is 14.9 Å². The van der Waals surface area contributed by atoms with Gasteiger partial charge >= 0.3 is 11.7 Å². The van der Waals surface area contributed by atoms with Crippen LogP contribution in [0.25, 0.3) is 0 Å². The zero-order valence-electron chi connectivity index (χ0n) is 12.1. The largest absolute Gasteiger partial charge is 0.477 e. The van der Waals surface area contributed by atoms with Crippen molar-refractivity contribution in [2.24, 2.45) is 0 Å². The third-order valence-electron chi connectivity index (χ3n) is 3.14. The second-order valence-corrected chi connectivity index (χ2v) is 5.67. The molecule has 0 amide bonds. The van der Waals surface area contributed by atoms with Crippen LogP contribution in [-0.2, 0) is 4.74 Å². The van der Waals surface area contributed by atoms with Gasteiger partial charge in [0.25, 0.3) is 0 Å². The second-order valence-electron chi connectivity index (χ2n) is 5.67. The van der Waals surface area contributed by atoms with Crippen LogP contribution < -0.4 is 4.90 Å². The van der Waals surface area contributed by atoms with E-state index in [1.807, 2.05) is 20.8 Å². The van der Waals surface area contributed by atoms with Gasteiger partial charge in [-0.25, -0.2) is 9.78 Å². The van der Waals surface area contributed by atoms with Gasteiger partial charge in [-0.1, -0.05) is 0 Å². The Kier molecular flexibility index (Phi) is 3.82. The van der Waals surface area contributed by atoms with Crippen molar-refractivity contribution in [1.29, 1.82) is 0 Å². The molecule has 0 radical (unpaired) electrons. The summed E-state index contributed by atoms with van der Waals surface area (Å²) in [6, 6.07) is 2.32. The van der Waals surface area contributed by atoms with Gasteiger partial charge < -0.3 is 14.7 Å². The molecule has 0 spiro atoms. The third-order valence-corrected chi connectivity index (χ3v) is 3.14. The van der Waals surface area contributed by atoms with Gasteiger partial charge in [0.05, 0.1) is 16.6 Å². The SMILES string of the molecule is CC1CN(c2nc(C(=O)O)ccc2[N+](=O)[O-])CC(C)(C)O1. The van der Waals surface area contributed by atoms with Crippen molar-refractivity contribution in [1.82, 2.24) is 4.98 Å². The molecule has 8 nitrogen and oxygen atoms in total. The van der Waals surface area contributed by atoms with Crippen molar-refractivity contribution in [2.75, 3.05) is 18.0 Å². The number of morpholine rings is 1. The molecule has 1 aromatic rings. The number of hydrogen-bond acceptors (Lipinski definition) is 6. The number of aromatic carboxylic acids is 1. The Morgan fingerprint density at radius 2 is 2.24 bits per heavy atom. The van der Waals surface area contributed by atoms with Crippen LogP contribution in [0.15, 0.2) is 12.1 Å². The fourth-order valence-corrected chi connectivity index (χ4v) is 2.55. The summed E-state index contributed by atoms with van der Waals surface area (Å²) in [5.74, 6) is -1.14. The van der Waals surface area contributed by atoms with E-state index < -0.39 is 16.5 Å². The van der Waals surface area contributed by atoms with E-state index >= 15 is 0 Å². The van der Waals surface area contributed by atoms with E-state index in [0.29, 0.717) is 13.1 Å². The summed E-state index contributed by atoms with van der Waals surface area (Å²) in [6.07, 6.45) is -0.136. The fraction of sp³-hybridized carbons (Fsp3) is 0.538. The Bertz CT molecular complexity index is 587. The highest BCUT2D eigenvalue weighted by molar-refractivity contribution is 5.86. The zero-order chi connectivity index (χ0) is 15.8. The number of carbonyl (C=O) groups is 1. The summed E-state index contributed by atoms with van der Waals surface area (Å²) in [6.45, 7) is 6.43. The molecule has 1 aliphatic heterocycles. The van der Waals surface area contributed by atoms with E-state index in [-0.39, 0.29) is 23.3 Å². The molecule has 1 N–H and O–H groups in total. The fourth-order valence-electron chi connectivity index (χ4n) is 2.55. The predicted molar refractivity (Wildman–Crippen MR) is 74.7 cm³/mol. The van der Waals surface area contributed by atoms with Gasteiger partial charge in [0.15, 0.2) is 5.69 Å². The number of anilines is 1. The van der Waals surface area contributed by atoms with Crippen LogP contribution in [0.3, 0.4) is 0 Å². The summed E-state index contributed by atoms with van der Waals surface area (Å²) in [7, 11) is 0. The lowest BCUT2D eigenvalue weighted by Crippen LogP contribution is -2.52. The number of rotatable bonds is 3. The van der Waals surface area contributed by atoms with Gasteiger partial charge in [-0.05, 0) is 26.8 Å². The summed E-state index contributed by atoms with van der Waals surface area (Å²) in [5, 5.41) is 20.2. The Hall–Kier alpha value is -2.22. The molecule has 8 heteroatoms. The molecule has 1 unspecified atom stereocenters. The minimum atomic E-state index is -1.22. The molecule has 0 aromatic carbocycles. The van der Waals surface area contributed by atoms with Crippen LogP contribution in [0.4, 0.5) is 11.5 Å². The Morgan fingerprint density at radius 3 is 2.76 bits per heavy atom. The van der Waals surface area contributed by atoms with Crippen molar-refractivity contribution in [3.63, 3.8) is 0 Å². The van der Waals surface area contributed by atoms with Crippen LogP contribution >= 0.6 is 0 Å². The van der Waals surface area contributed by atoms with Crippen LogP contribution in [0.1, 0.15) is 31.3 Å². The van der Waals surface area contributed by atoms with Crippen molar-refractivity contribution < 1.29 is 19.6 Å². The first-order valence-electron chi connectivity index (χ1n) is 6.51. The molecule has 0 saturated carbocycles. The number of nitrogens with zero attached hydrogens (tertiary/aromatic N) is 3. The lowest BCUT2D eigenvalue weighted by molar-refractivity contribution is -0.384. The Morgan fingerprint density at radius 1 is 1.57 bits per heavy atom. The van der Waals surface area contributed by atoms with Gasteiger partial charge in [0.2, 0.25) is 5.82 Å². The number of hydrogen-bond donors (Lipinski definition) is 1. The first kappa shape index (κ1) is 15.2. The maximum Gasteiger partial charge on any atom is 0.354 e. The molecule has 21 heavy (non-hydrogen) atoms. The molecule has 2 rings (SSSR count). The van der Waals surface area contributed by atoms with Crippen LogP contribution in [-0.4, -0.2) is 45.8 Å². The standard InChI is InChI=1S/C13H17N3O5/c1-8-6-15(7-13(2,3)21-8)11-10(16(19)20)5-4-9(14-11)12(17)18/h4-5,8H,6-7H2,1-3H3,(H,17,18). The van der Waals surface area contributed by atoms with E-state index in [2.05, 4.69) is 4.98 Å². The zero-order valence-corrected chi connectivity index (χ0v) is 12.1. The summed E-state index contributed by atoms with van der Waals surface area (Å²) < 4.78 is 5.75. The lowest BCUT2D eigenvalue weighted by Gasteiger charge is -2.42. The first-order chi connectivity index (χ1) is 9.69. The number of carboxylic acids is 1. The molecule has 1 aliphatic rings. The van der Waals surface area contributed by atoms with Crippen LogP contribution in [0.2, 0.25) is 0 Å². The van der Waals surface area contributed by atoms with Crippen molar-refractivity contribution in [2.45, 2.75) is 32.5 Å². The molecule has 0 aliphatic carbocycles. The molecular weight excluding hydrogens is 278 g/mol. The maximum absolute atomic E-state index is 11.1. The van der Waals surface area contributed by atoms with E-state index in [1.54, 1.807) is 4.90 Å². The monoisotopic (exact) mass is 295 g/mol. The molecule has 1 fully saturated rings. The number of carboxylic acid groups (broad SMARTS) is 1. The number of nitro groups is 1. The highest BCUT2D eigenvalue weighted by atomic mass is 16.6. The smallest absolute Gasteiger partial charge is 0.354 e. The van der Waals surface area contributed by atoms with Crippen molar-refractivity contribution >= 4 is 17.5 Å². The molecule has 1 atom stereocenters. The molecule has 2 heterocycles. The quantitative estimate of drug-likeness (QED) is 0.668. The predicted octanol–water partition coefficient (Wildman–Crippen LogP) is 1.69. The first-order valence-corrected chi connectivity index (χ1v) is 6.51.